The summed E-state index contributed by atoms with van der Waals surface area (Å²) in [5, 5.41) is 5.18. The number of carbonyl (C=O) groups excluding carboxylic acids is 2. The van der Waals surface area contributed by atoms with Gasteiger partial charge in [-0.1, -0.05) is 66.7 Å². The molecule has 4 heteroatoms. The SMILES string of the molecule is CC(NC(=O)C1CC(=O)N(c2cccc3ccccc23)C1)c1ccccc1. The molecule has 0 aromatic heterocycles. The fourth-order valence-electron chi connectivity index (χ4n) is 3.72. The van der Waals surface area contributed by atoms with Gasteiger partial charge in [0, 0.05) is 18.4 Å². The highest BCUT2D eigenvalue weighted by Gasteiger charge is 2.36. The van der Waals surface area contributed by atoms with Gasteiger partial charge in [-0.3, -0.25) is 9.59 Å². The molecule has 1 aliphatic heterocycles. The Bertz CT molecular complexity index is 979. The Morgan fingerprint density at radius 1 is 1.00 bits per heavy atom. The molecule has 1 fully saturated rings. The van der Waals surface area contributed by atoms with E-state index in [1.165, 1.54) is 0 Å². The van der Waals surface area contributed by atoms with Crippen LogP contribution in [-0.2, 0) is 9.59 Å². The first kappa shape index (κ1) is 17.3. The smallest absolute Gasteiger partial charge is 0.227 e. The van der Waals surface area contributed by atoms with Gasteiger partial charge in [0.15, 0.2) is 0 Å². The number of fused-ring (bicyclic) bond motifs is 1. The van der Waals surface area contributed by atoms with Crippen LogP contribution in [0.4, 0.5) is 5.69 Å². The normalized spacial score (nSPS) is 17.9. The number of hydrogen-bond donors (Lipinski definition) is 1. The van der Waals surface area contributed by atoms with Crippen molar-refractivity contribution in [1.29, 1.82) is 0 Å². The van der Waals surface area contributed by atoms with Crippen molar-refractivity contribution in [3.8, 4) is 0 Å². The Hall–Kier alpha value is -3.14. The van der Waals surface area contributed by atoms with Crippen LogP contribution in [0.3, 0.4) is 0 Å². The summed E-state index contributed by atoms with van der Waals surface area (Å²) in [4.78, 5) is 27.1. The number of hydrogen-bond acceptors (Lipinski definition) is 2. The summed E-state index contributed by atoms with van der Waals surface area (Å²) in [5.74, 6) is -0.399. The maximum absolute atomic E-state index is 12.7. The molecule has 2 amide bonds. The second kappa shape index (κ2) is 7.23. The summed E-state index contributed by atoms with van der Waals surface area (Å²) in [5.41, 5.74) is 1.94. The Kier molecular flexibility index (Phi) is 4.63. The number of anilines is 1. The highest BCUT2D eigenvalue weighted by atomic mass is 16.2. The highest BCUT2D eigenvalue weighted by molar-refractivity contribution is 6.07. The fraction of sp³-hybridized carbons (Fsp3) is 0.217. The Morgan fingerprint density at radius 3 is 2.52 bits per heavy atom. The van der Waals surface area contributed by atoms with Crippen LogP contribution in [0.5, 0.6) is 0 Å². The standard InChI is InChI=1S/C23H22N2O2/c1-16(17-8-3-2-4-9-17)24-23(27)19-14-22(26)25(15-19)21-13-7-11-18-10-5-6-12-20(18)21/h2-13,16,19H,14-15H2,1H3,(H,24,27). The molecular weight excluding hydrogens is 336 g/mol. The molecule has 27 heavy (non-hydrogen) atoms. The largest absolute Gasteiger partial charge is 0.349 e. The number of nitrogens with zero attached hydrogens (tertiary/aromatic N) is 1. The van der Waals surface area contributed by atoms with Crippen molar-refractivity contribution in [2.24, 2.45) is 5.92 Å². The second-order valence-electron chi connectivity index (χ2n) is 7.04. The molecule has 4 nitrogen and oxygen atoms in total. The van der Waals surface area contributed by atoms with Crippen LogP contribution < -0.4 is 10.2 Å². The minimum absolute atomic E-state index is 0.00105. The van der Waals surface area contributed by atoms with Crippen molar-refractivity contribution in [3.05, 3.63) is 78.4 Å². The Labute approximate surface area is 158 Å². The number of rotatable bonds is 4. The van der Waals surface area contributed by atoms with E-state index >= 15 is 0 Å². The quantitative estimate of drug-likeness (QED) is 0.764. The maximum atomic E-state index is 12.7. The van der Waals surface area contributed by atoms with Crippen molar-refractivity contribution in [2.45, 2.75) is 19.4 Å². The lowest BCUT2D eigenvalue weighted by Crippen LogP contribution is -2.34. The summed E-state index contributed by atoms with van der Waals surface area (Å²) in [7, 11) is 0. The molecule has 4 rings (SSSR count). The predicted molar refractivity (Wildman–Crippen MR) is 107 cm³/mol. The molecule has 3 aromatic carbocycles. The van der Waals surface area contributed by atoms with Crippen LogP contribution in [-0.4, -0.2) is 18.4 Å². The lowest BCUT2D eigenvalue weighted by atomic mass is 10.0. The molecule has 1 aliphatic rings. The molecule has 2 atom stereocenters. The maximum Gasteiger partial charge on any atom is 0.227 e. The van der Waals surface area contributed by atoms with Gasteiger partial charge >= 0.3 is 0 Å². The monoisotopic (exact) mass is 358 g/mol. The fourth-order valence-corrected chi connectivity index (χ4v) is 3.72. The minimum Gasteiger partial charge on any atom is -0.349 e. The molecule has 2 unspecified atom stereocenters. The zero-order valence-corrected chi connectivity index (χ0v) is 15.3. The van der Waals surface area contributed by atoms with Crippen molar-refractivity contribution < 1.29 is 9.59 Å². The molecule has 3 aromatic rings. The summed E-state index contributed by atoms with van der Waals surface area (Å²) < 4.78 is 0. The van der Waals surface area contributed by atoms with E-state index in [0.29, 0.717) is 6.54 Å². The van der Waals surface area contributed by atoms with Crippen LogP contribution in [0.25, 0.3) is 10.8 Å². The summed E-state index contributed by atoms with van der Waals surface area (Å²) in [6.07, 6.45) is 0.247. The third kappa shape index (κ3) is 3.43. The van der Waals surface area contributed by atoms with E-state index in [2.05, 4.69) is 5.32 Å². The molecule has 1 heterocycles. The lowest BCUT2D eigenvalue weighted by molar-refractivity contribution is -0.126. The third-order valence-electron chi connectivity index (χ3n) is 5.21. The Morgan fingerprint density at radius 2 is 1.70 bits per heavy atom. The molecular formula is C23H22N2O2. The topological polar surface area (TPSA) is 49.4 Å². The van der Waals surface area contributed by atoms with Crippen LogP contribution in [0, 0.1) is 5.92 Å². The van der Waals surface area contributed by atoms with Crippen LogP contribution >= 0.6 is 0 Å². The van der Waals surface area contributed by atoms with Crippen molar-refractivity contribution >= 4 is 28.3 Å². The van der Waals surface area contributed by atoms with E-state index in [0.717, 1.165) is 22.0 Å². The van der Waals surface area contributed by atoms with Crippen LogP contribution in [0.1, 0.15) is 24.9 Å². The van der Waals surface area contributed by atoms with Crippen LogP contribution in [0.2, 0.25) is 0 Å². The molecule has 1 saturated heterocycles. The van der Waals surface area contributed by atoms with Gasteiger partial charge in [0.2, 0.25) is 11.8 Å². The van der Waals surface area contributed by atoms with Crippen molar-refractivity contribution in [2.75, 3.05) is 11.4 Å². The average molecular weight is 358 g/mol. The zero-order valence-electron chi connectivity index (χ0n) is 15.3. The summed E-state index contributed by atoms with van der Waals surface area (Å²) in [6.45, 7) is 2.38. The van der Waals surface area contributed by atoms with E-state index < -0.39 is 0 Å². The summed E-state index contributed by atoms with van der Waals surface area (Å²) >= 11 is 0. The van der Waals surface area contributed by atoms with Gasteiger partial charge in [-0.15, -0.1) is 0 Å². The predicted octanol–water partition coefficient (Wildman–Crippen LogP) is 4.07. The average Bonchev–Trinajstić information content (AvgIpc) is 3.10. The minimum atomic E-state index is -0.331. The Balaban J connectivity index is 1.51. The highest BCUT2D eigenvalue weighted by Crippen LogP contribution is 2.32. The van der Waals surface area contributed by atoms with Gasteiger partial charge in [0.1, 0.15) is 0 Å². The van der Waals surface area contributed by atoms with Gasteiger partial charge in [-0.05, 0) is 23.9 Å². The molecule has 0 spiro atoms. The molecule has 0 radical (unpaired) electrons. The van der Waals surface area contributed by atoms with Gasteiger partial charge in [-0.2, -0.15) is 0 Å². The first-order valence-electron chi connectivity index (χ1n) is 9.27. The number of benzene rings is 3. The van der Waals surface area contributed by atoms with Crippen molar-refractivity contribution in [3.63, 3.8) is 0 Å². The van der Waals surface area contributed by atoms with E-state index in [4.69, 9.17) is 0 Å². The second-order valence-corrected chi connectivity index (χ2v) is 7.04. The van der Waals surface area contributed by atoms with Gasteiger partial charge in [-0.25, -0.2) is 0 Å². The zero-order chi connectivity index (χ0) is 18.8. The number of nitrogens with one attached hydrogen (secondary N) is 1. The van der Waals surface area contributed by atoms with E-state index in [9.17, 15) is 9.59 Å². The molecule has 0 saturated carbocycles. The first-order valence-corrected chi connectivity index (χ1v) is 9.27. The van der Waals surface area contributed by atoms with E-state index in [1.54, 1.807) is 4.90 Å². The lowest BCUT2D eigenvalue weighted by Gasteiger charge is -2.20. The third-order valence-corrected chi connectivity index (χ3v) is 5.21. The molecule has 0 bridgehead atoms. The molecule has 0 aliphatic carbocycles. The number of carbonyl (C=O) groups is 2. The molecule has 1 N–H and O–H groups in total. The van der Waals surface area contributed by atoms with Gasteiger partial charge in [0.05, 0.1) is 17.6 Å². The van der Waals surface area contributed by atoms with E-state index in [1.807, 2.05) is 79.7 Å². The number of amides is 2. The van der Waals surface area contributed by atoms with Gasteiger partial charge < -0.3 is 10.2 Å². The summed E-state index contributed by atoms with van der Waals surface area (Å²) in [6, 6.07) is 23.7. The van der Waals surface area contributed by atoms with Crippen LogP contribution in [0.15, 0.2) is 72.8 Å². The molecule has 136 valence electrons. The van der Waals surface area contributed by atoms with E-state index in [-0.39, 0.29) is 30.2 Å². The first-order chi connectivity index (χ1) is 13.1. The van der Waals surface area contributed by atoms with Crippen molar-refractivity contribution in [1.82, 2.24) is 5.32 Å². The van der Waals surface area contributed by atoms with Gasteiger partial charge in [0.25, 0.3) is 0 Å².